The van der Waals surface area contributed by atoms with E-state index in [9.17, 15) is 9.90 Å². The molecule has 0 radical (unpaired) electrons. The molecule has 5 nitrogen and oxygen atoms in total. The van der Waals surface area contributed by atoms with Gasteiger partial charge in [0, 0.05) is 12.6 Å². The summed E-state index contributed by atoms with van der Waals surface area (Å²) in [6.45, 7) is 5.29. The first-order chi connectivity index (χ1) is 10.2. The number of unbranched alkanes of at least 4 members (excludes halogenated alkanes) is 5. The summed E-state index contributed by atoms with van der Waals surface area (Å²) in [4.78, 5) is 16.4. The first kappa shape index (κ1) is 17.3. The number of oxime groups is 1. The third-order valence-electron chi connectivity index (χ3n) is 3.28. The van der Waals surface area contributed by atoms with E-state index in [1.807, 2.05) is 11.5 Å². The standard InChI is InChI=1S/C16H26N2O3/c1-3-5-6-7-8-9-10-18-13-16(20)15(19)11-14(18)12-17-21-4-2/h11-13,20H,3-10H2,1-2H3/b17-12+. The van der Waals surface area contributed by atoms with Crippen molar-refractivity contribution in [2.45, 2.75) is 58.9 Å². The predicted octanol–water partition coefficient (Wildman–Crippen LogP) is 3.28. The van der Waals surface area contributed by atoms with Gasteiger partial charge in [0.1, 0.15) is 6.61 Å². The first-order valence-electron chi connectivity index (χ1n) is 7.77. The van der Waals surface area contributed by atoms with Gasteiger partial charge in [0.05, 0.1) is 18.1 Å². The summed E-state index contributed by atoms with van der Waals surface area (Å²) in [5.41, 5.74) is 0.256. The fraction of sp³-hybridized carbons (Fsp3) is 0.625. The lowest BCUT2D eigenvalue weighted by molar-refractivity contribution is 0.160. The smallest absolute Gasteiger partial charge is 0.223 e. The number of aryl methyl sites for hydroxylation is 1. The molecule has 1 aromatic heterocycles. The molecule has 1 rings (SSSR count). The van der Waals surface area contributed by atoms with E-state index in [-0.39, 0.29) is 5.75 Å². The summed E-state index contributed by atoms with van der Waals surface area (Å²) in [5, 5.41) is 13.4. The number of hydrogen-bond donors (Lipinski definition) is 1. The molecule has 0 bridgehead atoms. The number of rotatable bonds is 10. The van der Waals surface area contributed by atoms with Crippen molar-refractivity contribution in [1.29, 1.82) is 0 Å². The van der Waals surface area contributed by atoms with Gasteiger partial charge in [-0.2, -0.15) is 0 Å². The van der Waals surface area contributed by atoms with E-state index in [0.29, 0.717) is 12.3 Å². The van der Waals surface area contributed by atoms with Gasteiger partial charge in [-0.3, -0.25) is 4.79 Å². The predicted molar refractivity (Wildman–Crippen MR) is 85.0 cm³/mol. The van der Waals surface area contributed by atoms with E-state index in [1.54, 1.807) is 0 Å². The van der Waals surface area contributed by atoms with Crippen LogP contribution in [0.3, 0.4) is 0 Å². The van der Waals surface area contributed by atoms with Crippen molar-refractivity contribution >= 4 is 6.21 Å². The molecule has 0 atom stereocenters. The Morgan fingerprint density at radius 3 is 2.67 bits per heavy atom. The van der Waals surface area contributed by atoms with E-state index < -0.39 is 5.43 Å². The maximum atomic E-state index is 11.5. The van der Waals surface area contributed by atoms with Crippen LogP contribution in [0, 0.1) is 0 Å². The van der Waals surface area contributed by atoms with Gasteiger partial charge in [-0.15, -0.1) is 0 Å². The molecule has 0 spiro atoms. The number of pyridine rings is 1. The Hall–Kier alpha value is -1.78. The van der Waals surface area contributed by atoms with Gasteiger partial charge in [0.15, 0.2) is 5.75 Å². The molecule has 0 aliphatic rings. The molecule has 1 N–H and O–H groups in total. The highest BCUT2D eigenvalue weighted by Gasteiger charge is 2.04. The fourth-order valence-corrected chi connectivity index (χ4v) is 2.11. The molecular weight excluding hydrogens is 268 g/mol. The number of nitrogens with zero attached hydrogens (tertiary/aromatic N) is 2. The Morgan fingerprint density at radius 2 is 1.95 bits per heavy atom. The van der Waals surface area contributed by atoms with Crippen LogP contribution in [0.4, 0.5) is 0 Å². The number of aromatic hydroxyl groups is 1. The van der Waals surface area contributed by atoms with Gasteiger partial charge in [-0.05, 0) is 13.3 Å². The Bertz CT molecular complexity index is 495. The minimum atomic E-state index is -0.396. The second-order valence-corrected chi connectivity index (χ2v) is 5.06. The van der Waals surface area contributed by atoms with Crippen LogP contribution in [0.5, 0.6) is 5.75 Å². The highest BCUT2D eigenvalue weighted by Crippen LogP contribution is 2.09. The maximum Gasteiger partial charge on any atom is 0.223 e. The molecule has 0 unspecified atom stereocenters. The van der Waals surface area contributed by atoms with Crippen molar-refractivity contribution in [1.82, 2.24) is 4.57 Å². The molecule has 5 heteroatoms. The van der Waals surface area contributed by atoms with Crippen molar-refractivity contribution in [2.24, 2.45) is 5.16 Å². The summed E-state index contributed by atoms with van der Waals surface area (Å²) in [6, 6.07) is 1.38. The number of hydrogen-bond acceptors (Lipinski definition) is 4. The molecule has 0 aliphatic carbocycles. The second kappa shape index (κ2) is 10.0. The van der Waals surface area contributed by atoms with Crippen molar-refractivity contribution in [3.8, 4) is 5.75 Å². The van der Waals surface area contributed by atoms with Crippen LogP contribution < -0.4 is 5.43 Å². The summed E-state index contributed by atoms with van der Waals surface area (Å²) < 4.78 is 1.85. The molecule has 0 saturated heterocycles. The zero-order chi connectivity index (χ0) is 15.5. The van der Waals surface area contributed by atoms with Crippen LogP contribution in [-0.4, -0.2) is 22.5 Å². The monoisotopic (exact) mass is 294 g/mol. The number of aromatic nitrogens is 1. The van der Waals surface area contributed by atoms with E-state index in [2.05, 4.69) is 12.1 Å². The summed E-state index contributed by atoms with van der Waals surface area (Å²) in [5.74, 6) is -0.227. The van der Waals surface area contributed by atoms with Crippen LogP contribution in [0.1, 0.15) is 58.1 Å². The minimum Gasteiger partial charge on any atom is -0.503 e. The topological polar surface area (TPSA) is 63.8 Å². The molecule has 0 aliphatic heterocycles. The van der Waals surface area contributed by atoms with Gasteiger partial charge >= 0.3 is 0 Å². The molecule has 0 amide bonds. The first-order valence-corrected chi connectivity index (χ1v) is 7.77. The van der Waals surface area contributed by atoms with Crippen molar-refractivity contribution in [2.75, 3.05) is 6.61 Å². The average Bonchev–Trinajstić information content (AvgIpc) is 2.47. The summed E-state index contributed by atoms with van der Waals surface area (Å²) >= 11 is 0. The zero-order valence-corrected chi connectivity index (χ0v) is 13.0. The van der Waals surface area contributed by atoms with Crippen LogP contribution in [0.15, 0.2) is 22.2 Å². The van der Waals surface area contributed by atoms with Gasteiger partial charge in [-0.25, -0.2) is 0 Å². The highest BCUT2D eigenvalue weighted by molar-refractivity contribution is 5.76. The van der Waals surface area contributed by atoms with Gasteiger partial charge in [0.25, 0.3) is 0 Å². The van der Waals surface area contributed by atoms with Crippen LogP contribution in [-0.2, 0) is 11.4 Å². The Morgan fingerprint density at radius 1 is 1.24 bits per heavy atom. The third kappa shape index (κ3) is 6.47. The van der Waals surface area contributed by atoms with Crippen molar-refractivity contribution in [3.05, 3.63) is 28.2 Å². The fourth-order valence-electron chi connectivity index (χ4n) is 2.11. The van der Waals surface area contributed by atoms with Crippen molar-refractivity contribution < 1.29 is 9.94 Å². The third-order valence-corrected chi connectivity index (χ3v) is 3.28. The average molecular weight is 294 g/mol. The van der Waals surface area contributed by atoms with Gasteiger partial charge < -0.3 is 14.5 Å². The van der Waals surface area contributed by atoms with E-state index in [4.69, 9.17) is 4.84 Å². The Labute approximate surface area is 126 Å². The maximum absolute atomic E-state index is 11.5. The Balaban J connectivity index is 2.61. The highest BCUT2D eigenvalue weighted by atomic mass is 16.6. The summed E-state index contributed by atoms with van der Waals surface area (Å²) in [7, 11) is 0. The normalized spacial score (nSPS) is 11.1. The van der Waals surface area contributed by atoms with Gasteiger partial charge in [-0.1, -0.05) is 44.2 Å². The molecule has 1 aromatic rings. The molecule has 118 valence electrons. The Kier molecular flexibility index (Phi) is 8.24. The SMILES string of the molecule is CCCCCCCCn1cc(O)c(=O)cc1/C=N/OCC. The minimum absolute atomic E-state index is 0.227. The molecule has 21 heavy (non-hydrogen) atoms. The molecule has 1 heterocycles. The quantitative estimate of drug-likeness (QED) is 0.409. The molecule has 0 saturated carbocycles. The van der Waals surface area contributed by atoms with Crippen LogP contribution in [0.2, 0.25) is 0 Å². The molecule has 0 fully saturated rings. The van der Waals surface area contributed by atoms with Crippen molar-refractivity contribution in [3.63, 3.8) is 0 Å². The lowest BCUT2D eigenvalue weighted by atomic mass is 10.1. The van der Waals surface area contributed by atoms with E-state index in [1.165, 1.54) is 44.2 Å². The lowest BCUT2D eigenvalue weighted by Crippen LogP contribution is -2.12. The largest absolute Gasteiger partial charge is 0.503 e. The second-order valence-electron chi connectivity index (χ2n) is 5.06. The van der Waals surface area contributed by atoms with Gasteiger partial charge in [0.2, 0.25) is 5.43 Å². The van der Waals surface area contributed by atoms with Crippen LogP contribution in [0.25, 0.3) is 0 Å². The van der Waals surface area contributed by atoms with Crippen LogP contribution >= 0.6 is 0 Å². The summed E-state index contributed by atoms with van der Waals surface area (Å²) in [6.07, 6.45) is 10.2. The lowest BCUT2D eigenvalue weighted by Gasteiger charge is -2.10. The van der Waals surface area contributed by atoms with E-state index in [0.717, 1.165) is 19.4 Å². The molecule has 0 aromatic carbocycles. The van der Waals surface area contributed by atoms with E-state index >= 15 is 0 Å². The molecular formula is C16H26N2O3. The zero-order valence-electron chi connectivity index (χ0n) is 13.0.